The summed E-state index contributed by atoms with van der Waals surface area (Å²) in [7, 11) is 0. The Hall–Kier alpha value is -3.79. The van der Waals surface area contributed by atoms with Crippen LogP contribution in [0.2, 0.25) is 0 Å². The van der Waals surface area contributed by atoms with Crippen LogP contribution < -0.4 is 10.6 Å². The van der Waals surface area contributed by atoms with E-state index in [1.807, 2.05) is 36.4 Å². The summed E-state index contributed by atoms with van der Waals surface area (Å²) in [6.07, 6.45) is 5.64. The normalized spacial score (nSPS) is 13.4. The molecule has 48 heavy (non-hydrogen) atoms. The van der Waals surface area contributed by atoms with Crippen LogP contribution in [0.5, 0.6) is 0 Å². The highest BCUT2D eigenvalue weighted by Gasteiger charge is 2.38. The van der Waals surface area contributed by atoms with E-state index >= 15 is 0 Å². The SMILES string of the molecule is C=Cc1cccc(C(C(=O)NC(Cc2ccccc2)C(=O)OC(C)(C)C)N(CCCCCCC)C(=O)C(CS)NC(=O)OC(C)(C)C)c1. The summed E-state index contributed by atoms with van der Waals surface area (Å²) >= 11 is 4.40. The lowest BCUT2D eigenvalue weighted by molar-refractivity contribution is -0.159. The fraction of sp³-hybridized carbons (Fsp3) is 0.526. The molecule has 9 nitrogen and oxygen atoms in total. The summed E-state index contributed by atoms with van der Waals surface area (Å²) in [5.41, 5.74) is 0.550. The monoisotopic (exact) mass is 681 g/mol. The third-order valence-electron chi connectivity index (χ3n) is 7.27. The number of ether oxygens (including phenoxy) is 2. The molecule has 0 aliphatic heterocycles. The van der Waals surface area contributed by atoms with Crippen LogP contribution in [0.3, 0.4) is 0 Å². The fourth-order valence-corrected chi connectivity index (χ4v) is 5.33. The first-order valence-corrected chi connectivity index (χ1v) is 17.4. The van der Waals surface area contributed by atoms with Crippen LogP contribution >= 0.6 is 12.6 Å². The summed E-state index contributed by atoms with van der Waals surface area (Å²) in [6.45, 7) is 16.7. The van der Waals surface area contributed by atoms with Gasteiger partial charge >= 0.3 is 12.1 Å². The number of thiol groups is 1. The topological polar surface area (TPSA) is 114 Å². The number of esters is 1. The van der Waals surface area contributed by atoms with E-state index in [2.05, 4.69) is 36.8 Å². The molecule has 0 aromatic heterocycles. The maximum atomic E-state index is 14.5. The third kappa shape index (κ3) is 14.1. The molecule has 0 radical (unpaired) electrons. The lowest BCUT2D eigenvalue weighted by atomic mass is 9.98. The molecule has 0 aliphatic rings. The number of nitrogens with one attached hydrogen (secondary N) is 2. The molecule has 2 N–H and O–H groups in total. The smallest absolute Gasteiger partial charge is 0.408 e. The van der Waals surface area contributed by atoms with Crippen molar-refractivity contribution >= 4 is 42.6 Å². The van der Waals surface area contributed by atoms with E-state index in [0.29, 0.717) is 12.0 Å². The van der Waals surface area contributed by atoms with Gasteiger partial charge in [-0.05, 0) is 70.7 Å². The molecule has 3 amide bonds. The molecule has 264 valence electrons. The standard InChI is InChI=1S/C38H55N3O6S/c1-9-11-12-13-17-23-41(34(43)31(26-48)40-36(45)47-38(6,7)8)32(29-22-18-21-27(10-2)24-29)33(42)39-30(35(44)46-37(3,4)5)25-28-19-15-14-16-20-28/h10,14-16,18-22,24,30-32,48H,2,9,11-13,17,23,25-26H2,1,3-8H3,(H,39,42)(H,40,45). The number of alkyl carbamates (subject to hydrolysis) is 1. The first kappa shape index (κ1) is 40.4. The number of amides is 3. The van der Waals surface area contributed by atoms with Gasteiger partial charge < -0.3 is 25.0 Å². The van der Waals surface area contributed by atoms with Crippen molar-refractivity contribution in [3.05, 3.63) is 77.9 Å². The van der Waals surface area contributed by atoms with Gasteiger partial charge in [0.25, 0.3) is 0 Å². The average molecular weight is 682 g/mol. The van der Waals surface area contributed by atoms with Crippen LogP contribution in [0, 0.1) is 0 Å². The Morgan fingerprint density at radius 3 is 2.08 bits per heavy atom. The van der Waals surface area contributed by atoms with E-state index in [1.165, 1.54) is 4.90 Å². The van der Waals surface area contributed by atoms with Gasteiger partial charge in [0.1, 0.15) is 29.3 Å². The van der Waals surface area contributed by atoms with Crippen molar-refractivity contribution in [2.45, 2.75) is 116 Å². The predicted octanol–water partition coefficient (Wildman–Crippen LogP) is 7.06. The maximum absolute atomic E-state index is 14.5. The lowest BCUT2D eigenvalue weighted by Gasteiger charge is -2.35. The highest BCUT2D eigenvalue weighted by Crippen LogP contribution is 2.26. The average Bonchev–Trinajstić information content (AvgIpc) is 3.01. The zero-order valence-electron chi connectivity index (χ0n) is 29.7. The summed E-state index contributed by atoms with van der Waals surface area (Å²) < 4.78 is 11.2. The van der Waals surface area contributed by atoms with Gasteiger partial charge in [0.05, 0.1) is 0 Å². The minimum atomic E-state index is -1.15. The van der Waals surface area contributed by atoms with Crippen LogP contribution in [-0.2, 0) is 30.3 Å². The van der Waals surface area contributed by atoms with Crippen molar-refractivity contribution in [3.8, 4) is 0 Å². The molecule has 0 bridgehead atoms. The van der Waals surface area contributed by atoms with Gasteiger partial charge in [-0.25, -0.2) is 9.59 Å². The second kappa shape index (κ2) is 19.3. The summed E-state index contributed by atoms with van der Waals surface area (Å²) in [5, 5.41) is 5.58. The van der Waals surface area contributed by atoms with Gasteiger partial charge in [-0.3, -0.25) is 9.59 Å². The number of hydrogen-bond acceptors (Lipinski definition) is 7. The van der Waals surface area contributed by atoms with Gasteiger partial charge in [-0.15, -0.1) is 0 Å². The van der Waals surface area contributed by atoms with Crippen molar-refractivity contribution < 1.29 is 28.7 Å². The number of hydrogen-bond donors (Lipinski definition) is 3. The zero-order valence-corrected chi connectivity index (χ0v) is 30.6. The molecule has 10 heteroatoms. The number of carbonyl (C=O) groups is 4. The Kier molecular flexibility index (Phi) is 16.2. The van der Waals surface area contributed by atoms with E-state index in [-0.39, 0.29) is 18.7 Å². The predicted molar refractivity (Wildman–Crippen MR) is 195 cm³/mol. The number of rotatable bonds is 17. The van der Waals surface area contributed by atoms with Crippen molar-refractivity contribution in [2.24, 2.45) is 0 Å². The Bertz CT molecular complexity index is 1350. The first-order valence-electron chi connectivity index (χ1n) is 16.8. The van der Waals surface area contributed by atoms with Crippen molar-refractivity contribution in [3.63, 3.8) is 0 Å². The molecule has 0 saturated heterocycles. The lowest BCUT2D eigenvalue weighted by Crippen LogP contribution is -2.55. The van der Waals surface area contributed by atoms with E-state index in [0.717, 1.165) is 36.8 Å². The maximum Gasteiger partial charge on any atom is 0.408 e. The molecule has 0 heterocycles. The molecule has 2 aromatic rings. The number of nitrogens with zero attached hydrogens (tertiary/aromatic N) is 1. The first-order chi connectivity index (χ1) is 22.6. The molecular formula is C38H55N3O6S. The molecule has 0 aliphatic carbocycles. The van der Waals surface area contributed by atoms with Crippen LogP contribution in [0.4, 0.5) is 4.79 Å². The fourth-order valence-electron chi connectivity index (χ4n) is 5.08. The summed E-state index contributed by atoms with van der Waals surface area (Å²) in [4.78, 5) is 56.7. The Balaban J connectivity index is 2.61. The van der Waals surface area contributed by atoms with Crippen LogP contribution in [0.15, 0.2) is 61.2 Å². The molecule has 2 rings (SSSR count). The van der Waals surface area contributed by atoms with Crippen molar-refractivity contribution in [1.29, 1.82) is 0 Å². The van der Waals surface area contributed by atoms with Crippen molar-refractivity contribution in [1.82, 2.24) is 15.5 Å². The minimum absolute atomic E-state index is 0.0278. The quantitative estimate of drug-likeness (QED) is 0.0936. The Morgan fingerprint density at radius 1 is 0.854 bits per heavy atom. The Labute approximate surface area is 292 Å². The minimum Gasteiger partial charge on any atom is -0.458 e. The second-order valence-electron chi connectivity index (χ2n) is 13.9. The van der Waals surface area contributed by atoms with E-state index in [4.69, 9.17) is 9.47 Å². The van der Waals surface area contributed by atoms with E-state index < -0.39 is 53.2 Å². The molecule has 0 fully saturated rings. The molecule has 3 unspecified atom stereocenters. The number of benzene rings is 2. The largest absolute Gasteiger partial charge is 0.458 e. The molecule has 3 atom stereocenters. The molecule has 0 spiro atoms. The van der Waals surface area contributed by atoms with E-state index in [9.17, 15) is 19.2 Å². The Morgan fingerprint density at radius 2 is 1.50 bits per heavy atom. The van der Waals surface area contributed by atoms with Gasteiger partial charge in [-0.1, -0.05) is 93.8 Å². The highest BCUT2D eigenvalue weighted by atomic mass is 32.1. The zero-order chi connectivity index (χ0) is 35.9. The van der Waals surface area contributed by atoms with Crippen LogP contribution in [0.25, 0.3) is 6.08 Å². The summed E-state index contributed by atoms with van der Waals surface area (Å²) in [5.74, 6) is -1.66. The molecular weight excluding hydrogens is 627 g/mol. The molecule has 2 aromatic carbocycles. The van der Waals surface area contributed by atoms with Gasteiger partial charge in [0.2, 0.25) is 11.8 Å². The van der Waals surface area contributed by atoms with Gasteiger partial charge in [0.15, 0.2) is 0 Å². The number of carbonyl (C=O) groups excluding carboxylic acids is 4. The number of unbranched alkanes of at least 4 members (excludes halogenated alkanes) is 4. The highest BCUT2D eigenvalue weighted by molar-refractivity contribution is 7.80. The second-order valence-corrected chi connectivity index (χ2v) is 14.3. The third-order valence-corrected chi connectivity index (χ3v) is 7.64. The van der Waals surface area contributed by atoms with Crippen LogP contribution in [0.1, 0.15) is 103 Å². The van der Waals surface area contributed by atoms with Gasteiger partial charge in [0, 0.05) is 18.7 Å². The van der Waals surface area contributed by atoms with Gasteiger partial charge in [-0.2, -0.15) is 12.6 Å². The van der Waals surface area contributed by atoms with Crippen LogP contribution in [-0.4, -0.2) is 64.4 Å². The molecule has 0 saturated carbocycles. The van der Waals surface area contributed by atoms with Crippen molar-refractivity contribution in [2.75, 3.05) is 12.3 Å². The summed E-state index contributed by atoms with van der Waals surface area (Å²) in [6, 6.07) is 13.3. The van der Waals surface area contributed by atoms with E-state index in [1.54, 1.807) is 65.8 Å².